The number of nitrogens with zero attached hydrogens (tertiary/aromatic N) is 8. The SMILES string of the molecule is Cn1nc(C2CCC(=O)NC2=O)c2ccc(N3CCN(CCCCC4CCC(Oc5cccc(-c6ccc(N7CCc8ccnc(C(=O)Nc9nc%10ccccc%10s9)c8C7)nc6C(=O)O)c5C(F)(F)F)CC4)CC3)cc21. The average molecular weight is 1060 g/mol. The van der Waals surface area contributed by atoms with Gasteiger partial charge < -0.3 is 19.6 Å². The van der Waals surface area contributed by atoms with Crippen LogP contribution >= 0.6 is 11.3 Å². The second-order valence-electron chi connectivity index (χ2n) is 20.3. The zero-order valence-electron chi connectivity index (χ0n) is 41.9. The van der Waals surface area contributed by atoms with Gasteiger partial charge in [-0.05, 0) is 118 Å². The summed E-state index contributed by atoms with van der Waals surface area (Å²) in [4.78, 5) is 70.8. The van der Waals surface area contributed by atoms with Crippen LogP contribution in [0.5, 0.6) is 5.75 Å². The molecular weight excluding hydrogens is 998 g/mol. The molecule has 1 aliphatic carbocycles. The largest absolute Gasteiger partial charge is 0.490 e. The van der Waals surface area contributed by atoms with Crippen LogP contribution in [-0.2, 0) is 35.8 Å². The summed E-state index contributed by atoms with van der Waals surface area (Å²) in [7, 11) is 1.88. The van der Waals surface area contributed by atoms with Crippen molar-refractivity contribution < 1.29 is 42.2 Å². The van der Waals surface area contributed by atoms with Crippen LogP contribution in [0.15, 0.2) is 85.1 Å². The molecule has 3 aromatic carbocycles. The molecule has 0 bridgehead atoms. The Morgan fingerprint density at radius 1 is 0.855 bits per heavy atom. The molecule has 2 saturated heterocycles. The molecule has 1 unspecified atom stereocenters. The Morgan fingerprint density at radius 3 is 2.45 bits per heavy atom. The number of aromatic nitrogens is 5. The number of rotatable bonds is 14. The number of carbonyl (C=O) groups is 4. The number of hydrogen-bond donors (Lipinski definition) is 3. The van der Waals surface area contributed by atoms with Crippen molar-refractivity contribution >= 4 is 72.8 Å². The number of aromatic carboxylic acids is 1. The van der Waals surface area contributed by atoms with Gasteiger partial charge in [0.2, 0.25) is 11.8 Å². The summed E-state index contributed by atoms with van der Waals surface area (Å²) in [6.07, 6.45) is 3.65. The maximum atomic E-state index is 15.2. The Labute approximate surface area is 440 Å². The monoisotopic (exact) mass is 1050 g/mol. The number of thiazole rings is 1. The number of hydrogen-bond acceptors (Lipinski definition) is 13. The summed E-state index contributed by atoms with van der Waals surface area (Å²) in [6.45, 7) is 5.25. The van der Waals surface area contributed by atoms with Gasteiger partial charge in [-0.2, -0.15) is 18.3 Å². The molecule has 1 saturated carbocycles. The van der Waals surface area contributed by atoms with Gasteiger partial charge in [-0.15, -0.1) is 0 Å². The van der Waals surface area contributed by atoms with E-state index in [9.17, 15) is 24.3 Å². The number of fused-ring (bicyclic) bond motifs is 3. The van der Waals surface area contributed by atoms with Gasteiger partial charge in [-0.25, -0.2) is 14.8 Å². The van der Waals surface area contributed by atoms with Crippen LogP contribution in [-0.4, -0.2) is 104 Å². The number of ether oxygens (including phenoxy) is 1. The molecule has 3 fully saturated rings. The minimum atomic E-state index is -4.87. The zero-order chi connectivity index (χ0) is 52.7. The first-order valence-electron chi connectivity index (χ1n) is 26.0. The second-order valence-corrected chi connectivity index (χ2v) is 21.3. The Morgan fingerprint density at radius 2 is 1.67 bits per heavy atom. The van der Waals surface area contributed by atoms with Crippen LogP contribution in [0.25, 0.3) is 32.2 Å². The zero-order valence-corrected chi connectivity index (χ0v) is 42.8. The van der Waals surface area contributed by atoms with Gasteiger partial charge in [0.25, 0.3) is 5.91 Å². The van der Waals surface area contributed by atoms with Gasteiger partial charge in [0.15, 0.2) is 10.8 Å². The Bertz CT molecular complexity index is 3330. The molecular formula is C56H57F3N10O6S. The fraction of sp³-hybridized carbons (Fsp3) is 0.393. The highest BCUT2D eigenvalue weighted by molar-refractivity contribution is 7.22. The number of carbonyl (C=O) groups excluding carboxylic acids is 3. The van der Waals surface area contributed by atoms with Crippen LogP contribution < -0.4 is 25.2 Å². The van der Waals surface area contributed by atoms with E-state index in [1.165, 1.54) is 41.7 Å². The van der Waals surface area contributed by atoms with Crippen molar-refractivity contribution in [3.8, 4) is 16.9 Å². The minimum Gasteiger partial charge on any atom is -0.490 e. The molecule has 0 radical (unpaired) electrons. The maximum absolute atomic E-state index is 15.2. The number of alkyl halides is 3. The van der Waals surface area contributed by atoms with Crippen LogP contribution in [0, 0.1) is 5.92 Å². The molecule has 4 aliphatic rings. The number of halogens is 3. The predicted molar refractivity (Wildman–Crippen MR) is 283 cm³/mol. The maximum Gasteiger partial charge on any atom is 0.420 e. The number of carboxylic acid groups (broad SMARTS) is 1. The molecule has 0 spiro atoms. The Balaban J connectivity index is 0.678. The number of para-hydroxylation sites is 1. The minimum absolute atomic E-state index is 0.169. The average Bonchev–Trinajstić information content (AvgIpc) is 4.01. The number of unbranched alkanes of at least 4 members (excludes halogenated alkanes) is 1. The number of anilines is 3. The van der Waals surface area contributed by atoms with Gasteiger partial charge in [-0.3, -0.25) is 39.6 Å². The number of carboxylic acids is 1. The third-order valence-electron chi connectivity index (χ3n) is 15.5. The van der Waals surface area contributed by atoms with Crippen LogP contribution in [0.3, 0.4) is 0 Å². The molecule has 4 aromatic heterocycles. The van der Waals surface area contributed by atoms with Crippen molar-refractivity contribution in [1.82, 2.24) is 34.9 Å². The molecule has 7 heterocycles. The number of benzene rings is 3. The van der Waals surface area contributed by atoms with E-state index in [1.807, 2.05) is 48.1 Å². The van der Waals surface area contributed by atoms with Gasteiger partial charge in [0, 0.05) is 86.7 Å². The van der Waals surface area contributed by atoms with Crippen LogP contribution in [0.2, 0.25) is 0 Å². The molecule has 11 rings (SSSR count). The summed E-state index contributed by atoms with van der Waals surface area (Å²) in [5.74, 6) is -2.53. The first-order chi connectivity index (χ1) is 36.7. The van der Waals surface area contributed by atoms with Gasteiger partial charge in [-0.1, -0.05) is 48.4 Å². The lowest BCUT2D eigenvalue weighted by atomic mass is 9.84. The topological polar surface area (TPSA) is 188 Å². The van der Waals surface area contributed by atoms with E-state index in [0.29, 0.717) is 61.0 Å². The fourth-order valence-corrected chi connectivity index (χ4v) is 12.4. The summed E-state index contributed by atoms with van der Waals surface area (Å²) in [6, 6.07) is 22.6. The Kier molecular flexibility index (Phi) is 14.2. The van der Waals surface area contributed by atoms with Crippen molar-refractivity contribution in [2.75, 3.05) is 54.4 Å². The number of pyridine rings is 2. The van der Waals surface area contributed by atoms with Crippen molar-refractivity contribution in [1.29, 1.82) is 0 Å². The van der Waals surface area contributed by atoms with E-state index >= 15 is 13.2 Å². The third-order valence-corrected chi connectivity index (χ3v) is 16.4. The lowest BCUT2D eigenvalue weighted by Crippen LogP contribution is -2.46. The fourth-order valence-electron chi connectivity index (χ4n) is 11.5. The van der Waals surface area contributed by atoms with Crippen LogP contribution in [0.4, 0.5) is 29.8 Å². The Hall–Kier alpha value is -7.45. The molecule has 16 nitrogen and oxygen atoms in total. The predicted octanol–water partition coefficient (Wildman–Crippen LogP) is 9.62. The highest BCUT2D eigenvalue weighted by Gasteiger charge is 2.40. The standard InChI is InChI=1S/C56H57F3N10O6S/c1-66-43-31-35(14-17-39(43)49(65-66)40-19-21-47(70)63-52(40)71)68-29-27-67(28-30-68)25-5-4-7-33-12-15-36(16-13-33)75-44-10-6-8-37(48(44)56(57,58)59)38-18-20-46(62-51(38)54(73)74)69-26-23-34-22-24-60-50(41(34)32-69)53(72)64-55-61-42-9-2-3-11-45(42)76-55/h2-3,6,8-11,14,17-18,20,22,24,31,33,36,40H,4-5,7,12-13,15-16,19,21,23,25-30,32H2,1H3,(H,73,74)(H,61,64,72)(H,63,70,71). The molecule has 1 atom stereocenters. The summed E-state index contributed by atoms with van der Waals surface area (Å²) in [5, 5.41) is 21.8. The summed E-state index contributed by atoms with van der Waals surface area (Å²) < 4.78 is 54.4. The molecule has 3 N–H and O–H groups in total. The second kappa shape index (κ2) is 21.3. The number of aryl methyl sites for hydroxylation is 1. The number of piperazine rings is 1. The number of imide groups is 1. The van der Waals surface area contributed by atoms with Crippen molar-refractivity contribution in [2.24, 2.45) is 13.0 Å². The van der Waals surface area contributed by atoms with Gasteiger partial charge >= 0.3 is 12.1 Å². The number of nitrogens with one attached hydrogen (secondary N) is 2. The molecule has 76 heavy (non-hydrogen) atoms. The highest BCUT2D eigenvalue weighted by atomic mass is 32.1. The van der Waals surface area contributed by atoms with E-state index in [0.717, 1.165) is 97.2 Å². The van der Waals surface area contributed by atoms with Crippen molar-refractivity contribution in [2.45, 2.75) is 89.0 Å². The first-order valence-corrected chi connectivity index (χ1v) is 26.8. The molecule has 3 amide bonds. The number of amides is 3. The summed E-state index contributed by atoms with van der Waals surface area (Å²) in [5.41, 5.74) is 3.19. The quantitative estimate of drug-likeness (QED) is 0.0691. The highest BCUT2D eigenvalue weighted by Crippen LogP contribution is 2.45. The van der Waals surface area contributed by atoms with E-state index in [1.54, 1.807) is 11.1 Å². The lowest BCUT2D eigenvalue weighted by molar-refractivity contribution is -0.139. The van der Waals surface area contributed by atoms with Crippen LogP contribution in [0.1, 0.15) is 107 Å². The summed E-state index contributed by atoms with van der Waals surface area (Å²) >= 11 is 1.34. The normalized spacial score (nSPS) is 19.4. The van der Waals surface area contributed by atoms with E-state index < -0.39 is 41.3 Å². The lowest BCUT2D eigenvalue weighted by Gasteiger charge is -2.36. The van der Waals surface area contributed by atoms with Gasteiger partial charge in [0.05, 0.1) is 33.4 Å². The van der Waals surface area contributed by atoms with Crippen molar-refractivity contribution in [3.63, 3.8) is 0 Å². The third kappa shape index (κ3) is 10.6. The first kappa shape index (κ1) is 50.7. The molecule has 3 aliphatic heterocycles. The molecule has 394 valence electrons. The smallest absolute Gasteiger partial charge is 0.420 e. The van der Waals surface area contributed by atoms with Crippen molar-refractivity contribution in [3.05, 3.63) is 119 Å². The van der Waals surface area contributed by atoms with Gasteiger partial charge in [0.1, 0.15) is 22.8 Å². The molecule has 20 heteroatoms. The van der Waals surface area contributed by atoms with E-state index in [4.69, 9.17) is 9.84 Å². The number of piperidine rings is 1. The molecule has 7 aromatic rings. The van der Waals surface area contributed by atoms with E-state index in [-0.39, 0.29) is 46.7 Å². The van der Waals surface area contributed by atoms with E-state index in [2.05, 4.69) is 47.5 Å².